The molecule has 5 heteroatoms. The number of nitrogens with zero attached hydrogens (tertiary/aromatic N) is 2. The number of thiazole rings is 1. The molecular weight excluding hydrogens is 344 g/mol. The van der Waals surface area contributed by atoms with Crippen LogP contribution < -0.4 is 0 Å². The van der Waals surface area contributed by atoms with E-state index in [9.17, 15) is 10.1 Å². The predicted octanol–water partition coefficient (Wildman–Crippen LogP) is 6.05. The van der Waals surface area contributed by atoms with E-state index in [4.69, 9.17) is 4.98 Å². The molecule has 0 saturated heterocycles. The summed E-state index contributed by atoms with van der Waals surface area (Å²) in [5.74, 6) is 0. The third-order valence-electron chi connectivity index (χ3n) is 4.04. The normalized spacial score (nSPS) is 10.6. The molecule has 0 unspecified atom stereocenters. The van der Waals surface area contributed by atoms with Crippen molar-refractivity contribution in [1.82, 2.24) is 4.98 Å². The van der Waals surface area contributed by atoms with Gasteiger partial charge in [0.05, 0.1) is 15.5 Å². The van der Waals surface area contributed by atoms with E-state index in [0.29, 0.717) is 0 Å². The molecule has 4 aromatic rings. The maximum Gasteiger partial charge on any atom is 0.269 e. The van der Waals surface area contributed by atoms with Gasteiger partial charge in [0.15, 0.2) is 0 Å². The molecular formula is C21H14N2O2S. The summed E-state index contributed by atoms with van der Waals surface area (Å²) in [7, 11) is 0. The molecule has 0 radical (unpaired) electrons. The molecule has 0 aliphatic rings. The van der Waals surface area contributed by atoms with Gasteiger partial charge in [-0.3, -0.25) is 10.1 Å². The van der Waals surface area contributed by atoms with Crippen LogP contribution in [0.25, 0.3) is 32.3 Å². The number of rotatable bonds is 4. The minimum absolute atomic E-state index is 0.0773. The zero-order valence-corrected chi connectivity index (χ0v) is 14.5. The topological polar surface area (TPSA) is 56.0 Å². The largest absolute Gasteiger partial charge is 0.269 e. The first-order valence-corrected chi connectivity index (χ1v) is 8.90. The van der Waals surface area contributed by atoms with Gasteiger partial charge in [-0.1, -0.05) is 60.7 Å². The molecule has 0 amide bonds. The molecule has 3 aromatic carbocycles. The molecule has 0 fully saturated rings. The van der Waals surface area contributed by atoms with Gasteiger partial charge in [0.1, 0.15) is 5.01 Å². The first-order chi connectivity index (χ1) is 12.7. The fraction of sp³-hybridized carbons (Fsp3) is 0. The summed E-state index contributed by atoms with van der Waals surface area (Å²) in [5, 5.41) is 11.8. The van der Waals surface area contributed by atoms with Crippen LogP contribution in [0.5, 0.6) is 0 Å². The molecule has 4 nitrogen and oxygen atoms in total. The van der Waals surface area contributed by atoms with Crippen molar-refractivity contribution in [3.8, 4) is 32.3 Å². The molecule has 0 aliphatic carbocycles. The first-order valence-electron chi connectivity index (χ1n) is 8.09. The third kappa shape index (κ3) is 3.12. The summed E-state index contributed by atoms with van der Waals surface area (Å²) >= 11 is 1.63. The second-order valence-electron chi connectivity index (χ2n) is 5.73. The average molecular weight is 358 g/mol. The van der Waals surface area contributed by atoms with Crippen molar-refractivity contribution in [3.63, 3.8) is 0 Å². The van der Waals surface area contributed by atoms with Gasteiger partial charge in [0.25, 0.3) is 5.69 Å². The van der Waals surface area contributed by atoms with E-state index in [1.807, 2.05) is 48.5 Å². The lowest BCUT2D eigenvalue weighted by Crippen LogP contribution is -1.88. The standard InChI is InChI=1S/C21H14N2O2S/c24-23(25)18-13-11-15(12-14-18)19-20(16-7-3-1-4-8-16)26-21(22-19)17-9-5-2-6-10-17/h1-14H. The van der Waals surface area contributed by atoms with Crippen LogP contribution >= 0.6 is 11.3 Å². The van der Waals surface area contributed by atoms with E-state index in [0.717, 1.165) is 32.3 Å². The van der Waals surface area contributed by atoms with E-state index in [1.54, 1.807) is 23.5 Å². The Bertz CT molecular complexity index is 1040. The van der Waals surface area contributed by atoms with Gasteiger partial charge >= 0.3 is 0 Å². The number of nitro groups is 1. The van der Waals surface area contributed by atoms with E-state index < -0.39 is 4.92 Å². The molecule has 0 spiro atoms. The fourth-order valence-corrected chi connectivity index (χ4v) is 3.84. The second kappa shape index (κ2) is 6.90. The van der Waals surface area contributed by atoms with Crippen LogP contribution in [0.3, 0.4) is 0 Å². The van der Waals surface area contributed by atoms with Crippen LogP contribution in [-0.2, 0) is 0 Å². The van der Waals surface area contributed by atoms with Crippen molar-refractivity contribution >= 4 is 17.0 Å². The fourth-order valence-electron chi connectivity index (χ4n) is 2.75. The third-order valence-corrected chi connectivity index (χ3v) is 5.19. The van der Waals surface area contributed by atoms with Crippen LogP contribution in [0, 0.1) is 10.1 Å². The summed E-state index contributed by atoms with van der Waals surface area (Å²) in [6.45, 7) is 0. The number of benzene rings is 3. The Kier molecular flexibility index (Phi) is 4.29. The molecule has 0 aliphatic heterocycles. The minimum Gasteiger partial charge on any atom is -0.258 e. The molecule has 26 heavy (non-hydrogen) atoms. The Morgan fingerprint density at radius 1 is 0.731 bits per heavy atom. The lowest BCUT2D eigenvalue weighted by molar-refractivity contribution is -0.384. The highest BCUT2D eigenvalue weighted by atomic mass is 32.1. The molecule has 4 rings (SSSR count). The van der Waals surface area contributed by atoms with Crippen LogP contribution in [-0.4, -0.2) is 9.91 Å². The van der Waals surface area contributed by atoms with Crippen molar-refractivity contribution in [1.29, 1.82) is 0 Å². The maximum atomic E-state index is 10.9. The van der Waals surface area contributed by atoms with Crippen LogP contribution in [0.2, 0.25) is 0 Å². The average Bonchev–Trinajstić information content (AvgIpc) is 3.15. The molecule has 0 atom stereocenters. The molecule has 1 heterocycles. The van der Waals surface area contributed by atoms with Crippen molar-refractivity contribution in [3.05, 3.63) is 95.0 Å². The monoisotopic (exact) mass is 358 g/mol. The Morgan fingerprint density at radius 2 is 1.31 bits per heavy atom. The van der Waals surface area contributed by atoms with Gasteiger partial charge < -0.3 is 0 Å². The number of non-ortho nitro benzene ring substituents is 1. The van der Waals surface area contributed by atoms with Crippen molar-refractivity contribution in [2.45, 2.75) is 0 Å². The first kappa shape index (κ1) is 16.2. The molecule has 0 N–H and O–H groups in total. The van der Waals surface area contributed by atoms with Gasteiger partial charge in [-0.2, -0.15) is 0 Å². The SMILES string of the molecule is O=[N+]([O-])c1ccc(-c2nc(-c3ccccc3)sc2-c2ccccc2)cc1. The highest BCUT2D eigenvalue weighted by Crippen LogP contribution is 2.40. The lowest BCUT2D eigenvalue weighted by atomic mass is 10.1. The highest BCUT2D eigenvalue weighted by molar-refractivity contribution is 7.19. The van der Waals surface area contributed by atoms with Crippen molar-refractivity contribution in [2.75, 3.05) is 0 Å². The Hall–Kier alpha value is -3.31. The zero-order chi connectivity index (χ0) is 17.9. The van der Waals surface area contributed by atoms with E-state index in [2.05, 4.69) is 12.1 Å². The van der Waals surface area contributed by atoms with Crippen LogP contribution in [0.15, 0.2) is 84.9 Å². The van der Waals surface area contributed by atoms with Crippen molar-refractivity contribution in [2.24, 2.45) is 0 Å². The summed E-state index contributed by atoms with van der Waals surface area (Å²) in [6.07, 6.45) is 0. The Labute approximate surface area is 154 Å². The quantitative estimate of drug-likeness (QED) is 0.329. The van der Waals surface area contributed by atoms with E-state index in [1.165, 1.54) is 12.1 Å². The molecule has 0 saturated carbocycles. The van der Waals surface area contributed by atoms with Crippen LogP contribution in [0.1, 0.15) is 0 Å². The summed E-state index contributed by atoms with van der Waals surface area (Å²) in [4.78, 5) is 16.4. The lowest BCUT2D eigenvalue weighted by Gasteiger charge is -2.02. The Balaban J connectivity index is 1.87. The molecule has 126 valence electrons. The minimum atomic E-state index is -0.391. The number of aromatic nitrogens is 1. The summed E-state index contributed by atoms with van der Waals surface area (Å²) in [6, 6.07) is 26.7. The predicted molar refractivity (Wildman–Crippen MR) is 105 cm³/mol. The van der Waals surface area contributed by atoms with E-state index in [-0.39, 0.29) is 5.69 Å². The highest BCUT2D eigenvalue weighted by Gasteiger charge is 2.16. The van der Waals surface area contributed by atoms with E-state index >= 15 is 0 Å². The zero-order valence-electron chi connectivity index (χ0n) is 13.7. The van der Waals surface area contributed by atoms with Gasteiger partial charge in [-0.15, -0.1) is 11.3 Å². The van der Waals surface area contributed by atoms with Crippen molar-refractivity contribution < 1.29 is 4.92 Å². The summed E-state index contributed by atoms with van der Waals surface area (Å²) in [5.41, 5.74) is 3.93. The van der Waals surface area contributed by atoms with Gasteiger partial charge in [-0.05, 0) is 17.7 Å². The second-order valence-corrected chi connectivity index (χ2v) is 6.73. The molecule has 0 bridgehead atoms. The van der Waals surface area contributed by atoms with Gasteiger partial charge in [-0.25, -0.2) is 4.98 Å². The number of hydrogen-bond donors (Lipinski definition) is 0. The molecule has 1 aromatic heterocycles. The van der Waals surface area contributed by atoms with Gasteiger partial charge in [0, 0.05) is 23.3 Å². The van der Waals surface area contributed by atoms with Gasteiger partial charge in [0.2, 0.25) is 0 Å². The Morgan fingerprint density at radius 3 is 1.88 bits per heavy atom. The number of nitro benzene ring substituents is 1. The maximum absolute atomic E-state index is 10.9. The number of hydrogen-bond acceptors (Lipinski definition) is 4. The van der Waals surface area contributed by atoms with Crippen LogP contribution in [0.4, 0.5) is 5.69 Å². The smallest absolute Gasteiger partial charge is 0.258 e. The summed E-state index contributed by atoms with van der Waals surface area (Å²) < 4.78 is 0.